The molecule has 0 saturated carbocycles. The topological polar surface area (TPSA) is 79.6 Å². The Balaban J connectivity index is 1.43. The summed E-state index contributed by atoms with van der Waals surface area (Å²) in [6.45, 7) is 2.47. The number of nitrogens with zero attached hydrogens (tertiary/aromatic N) is 3. The number of hydrogen-bond acceptors (Lipinski definition) is 5. The molecule has 0 unspecified atom stereocenters. The molecule has 0 saturated heterocycles. The summed E-state index contributed by atoms with van der Waals surface area (Å²) in [6, 6.07) is 10.0. The minimum absolute atomic E-state index is 0.595. The summed E-state index contributed by atoms with van der Waals surface area (Å²) < 4.78 is 5.05. The standard InChI is InChI=1S/C18H17N5O/c1-12-7-15(23-24-12)11-21-17-5-4-13(9-20-17)8-14-10-22-18-16(14)3-2-6-19-18/h2-7,9-10H,8,11H2,1H3,(H,19,22)(H,20,21). The second-order valence-electron chi connectivity index (χ2n) is 5.72. The van der Waals surface area contributed by atoms with Crippen LogP contribution in [0.5, 0.6) is 0 Å². The van der Waals surface area contributed by atoms with Crippen LogP contribution in [0.1, 0.15) is 22.6 Å². The van der Waals surface area contributed by atoms with Gasteiger partial charge in [0.1, 0.15) is 22.9 Å². The van der Waals surface area contributed by atoms with Gasteiger partial charge in [0, 0.05) is 36.5 Å². The van der Waals surface area contributed by atoms with Crippen molar-refractivity contribution in [2.24, 2.45) is 0 Å². The monoisotopic (exact) mass is 319 g/mol. The molecule has 0 aliphatic rings. The molecular weight excluding hydrogens is 302 g/mol. The highest BCUT2D eigenvalue weighted by atomic mass is 16.5. The van der Waals surface area contributed by atoms with E-state index >= 15 is 0 Å². The molecular formula is C18H17N5O. The van der Waals surface area contributed by atoms with E-state index in [9.17, 15) is 0 Å². The quantitative estimate of drug-likeness (QED) is 0.589. The van der Waals surface area contributed by atoms with Gasteiger partial charge in [0.15, 0.2) is 0 Å². The first-order valence-electron chi connectivity index (χ1n) is 7.80. The number of H-pyrrole nitrogens is 1. The van der Waals surface area contributed by atoms with E-state index in [1.165, 1.54) is 5.56 Å². The maximum absolute atomic E-state index is 5.05. The minimum atomic E-state index is 0.595. The average molecular weight is 319 g/mol. The van der Waals surface area contributed by atoms with Gasteiger partial charge in [-0.2, -0.15) is 0 Å². The normalized spacial score (nSPS) is 11.0. The third-order valence-electron chi connectivity index (χ3n) is 3.88. The van der Waals surface area contributed by atoms with Crippen LogP contribution in [0.4, 0.5) is 5.82 Å². The molecule has 0 aliphatic carbocycles. The van der Waals surface area contributed by atoms with Gasteiger partial charge in [-0.15, -0.1) is 0 Å². The minimum Gasteiger partial charge on any atom is -0.364 e. The Morgan fingerprint density at radius 3 is 2.96 bits per heavy atom. The number of aromatic amines is 1. The molecule has 0 aliphatic heterocycles. The lowest BCUT2D eigenvalue weighted by Crippen LogP contribution is -2.01. The molecule has 0 radical (unpaired) electrons. The lowest BCUT2D eigenvalue weighted by molar-refractivity contribution is 0.391. The van der Waals surface area contributed by atoms with Gasteiger partial charge in [-0.3, -0.25) is 0 Å². The molecule has 0 spiro atoms. The Morgan fingerprint density at radius 2 is 2.17 bits per heavy atom. The summed E-state index contributed by atoms with van der Waals surface area (Å²) in [5, 5.41) is 8.35. The Bertz CT molecular complexity index is 955. The molecule has 4 aromatic heterocycles. The summed E-state index contributed by atoms with van der Waals surface area (Å²) in [6.07, 6.45) is 6.52. The van der Waals surface area contributed by atoms with Gasteiger partial charge >= 0.3 is 0 Å². The van der Waals surface area contributed by atoms with Crippen molar-refractivity contribution in [1.29, 1.82) is 0 Å². The number of hydrogen-bond donors (Lipinski definition) is 2. The van der Waals surface area contributed by atoms with Crippen LogP contribution in [-0.4, -0.2) is 20.1 Å². The Labute approximate surface area is 138 Å². The van der Waals surface area contributed by atoms with E-state index in [-0.39, 0.29) is 0 Å². The molecule has 0 fully saturated rings. The summed E-state index contributed by atoms with van der Waals surface area (Å²) in [7, 11) is 0. The number of pyridine rings is 2. The Morgan fingerprint density at radius 1 is 1.21 bits per heavy atom. The zero-order chi connectivity index (χ0) is 16.4. The predicted molar refractivity (Wildman–Crippen MR) is 91.7 cm³/mol. The van der Waals surface area contributed by atoms with Crippen LogP contribution in [-0.2, 0) is 13.0 Å². The van der Waals surface area contributed by atoms with Crippen LogP contribution >= 0.6 is 0 Å². The molecule has 4 aromatic rings. The zero-order valence-electron chi connectivity index (χ0n) is 13.3. The third-order valence-corrected chi connectivity index (χ3v) is 3.88. The van der Waals surface area contributed by atoms with Gasteiger partial charge in [-0.25, -0.2) is 9.97 Å². The average Bonchev–Trinajstić information content (AvgIpc) is 3.21. The second-order valence-corrected chi connectivity index (χ2v) is 5.72. The van der Waals surface area contributed by atoms with Crippen LogP contribution in [0.25, 0.3) is 11.0 Å². The fraction of sp³-hybridized carbons (Fsp3) is 0.167. The molecule has 6 heteroatoms. The number of fused-ring (bicyclic) bond motifs is 1. The summed E-state index contributed by atoms with van der Waals surface area (Å²) in [5.41, 5.74) is 4.16. The molecule has 6 nitrogen and oxygen atoms in total. The van der Waals surface area contributed by atoms with Crippen LogP contribution in [0.2, 0.25) is 0 Å². The molecule has 4 rings (SSSR count). The maximum Gasteiger partial charge on any atom is 0.137 e. The van der Waals surface area contributed by atoms with E-state index in [4.69, 9.17) is 4.52 Å². The van der Waals surface area contributed by atoms with Crippen LogP contribution < -0.4 is 5.32 Å². The van der Waals surface area contributed by atoms with Crippen molar-refractivity contribution in [2.75, 3.05) is 5.32 Å². The largest absolute Gasteiger partial charge is 0.364 e. The molecule has 2 N–H and O–H groups in total. The van der Waals surface area contributed by atoms with E-state index in [0.717, 1.165) is 40.3 Å². The number of aromatic nitrogens is 4. The van der Waals surface area contributed by atoms with Gasteiger partial charge in [-0.1, -0.05) is 11.2 Å². The van der Waals surface area contributed by atoms with Crippen molar-refractivity contribution in [3.05, 3.63) is 71.5 Å². The molecule has 0 bridgehead atoms. The molecule has 120 valence electrons. The highest BCUT2D eigenvalue weighted by molar-refractivity contribution is 5.79. The first-order chi connectivity index (χ1) is 11.8. The van der Waals surface area contributed by atoms with E-state index in [0.29, 0.717) is 6.54 Å². The first kappa shape index (κ1) is 14.4. The van der Waals surface area contributed by atoms with Crippen LogP contribution in [0.15, 0.2) is 53.4 Å². The van der Waals surface area contributed by atoms with Crippen LogP contribution in [0.3, 0.4) is 0 Å². The van der Waals surface area contributed by atoms with E-state index in [2.05, 4.69) is 37.6 Å². The predicted octanol–water partition coefficient (Wildman–Crippen LogP) is 3.46. The number of anilines is 1. The van der Waals surface area contributed by atoms with Crippen molar-refractivity contribution in [3.63, 3.8) is 0 Å². The number of rotatable bonds is 5. The molecule has 0 atom stereocenters. The number of nitrogens with one attached hydrogen (secondary N) is 2. The maximum atomic E-state index is 5.05. The Kier molecular flexibility index (Phi) is 3.70. The van der Waals surface area contributed by atoms with Gasteiger partial charge in [0.25, 0.3) is 0 Å². The second kappa shape index (κ2) is 6.16. The smallest absolute Gasteiger partial charge is 0.137 e. The molecule has 4 heterocycles. The molecule has 0 aromatic carbocycles. The lowest BCUT2D eigenvalue weighted by atomic mass is 10.1. The molecule has 24 heavy (non-hydrogen) atoms. The van der Waals surface area contributed by atoms with E-state index < -0.39 is 0 Å². The zero-order valence-corrected chi connectivity index (χ0v) is 13.3. The van der Waals surface area contributed by atoms with Gasteiger partial charge in [-0.05, 0) is 36.2 Å². The van der Waals surface area contributed by atoms with E-state index in [1.54, 1.807) is 6.20 Å². The van der Waals surface area contributed by atoms with Gasteiger partial charge in [0.2, 0.25) is 0 Å². The Hall–Kier alpha value is -3.15. The van der Waals surface area contributed by atoms with Crippen molar-refractivity contribution < 1.29 is 4.52 Å². The summed E-state index contributed by atoms with van der Waals surface area (Å²) >= 11 is 0. The SMILES string of the molecule is Cc1cc(CNc2ccc(Cc3c[nH]c4ncccc34)cn2)no1. The highest BCUT2D eigenvalue weighted by Crippen LogP contribution is 2.19. The fourth-order valence-electron chi connectivity index (χ4n) is 2.69. The van der Waals surface area contributed by atoms with Crippen molar-refractivity contribution >= 4 is 16.9 Å². The van der Waals surface area contributed by atoms with E-state index in [1.807, 2.05) is 37.5 Å². The van der Waals surface area contributed by atoms with Crippen molar-refractivity contribution in [3.8, 4) is 0 Å². The first-order valence-corrected chi connectivity index (χ1v) is 7.80. The van der Waals surface area contributed by atoms with Crippen molar-refractivity contribution in [1.82, 2.24) is 20.1 Å². The fourth-order valence-corrected chi connectivity index (χ4v) is 2.69. The summed E-state index contributed by atoms with van der Waals surface area (Å²) in [4.78, 5) is 12.0. The lowest BCUT2D eigenvalue weighted by Gasteiger charge is -2.05. The van der Waals surface area contributed by atoms with Crippen molar-refractivity contribution in [2.45, 2.75) is 19.9 Å². The van der Waals surface area contributed by atoms with Crippen LogP contribution in [0, 0.1) is 6.92 Å². The molecule has 0 amide bonds. The number of aryl methyl sites for hydroxylation is 1. The summed E-state index contributed by atoms with van der Waals surface area (Å²) in [5.74, 6) is 1.63. The highest BCUT2D eigenvalue weighted by Gasteiger charge is 2.06. The van der Waals surface area contributed by atoms with Gasteiger partial charge in [0.05, 0.1) is 6.54 Å². The van der Waals surface area contributed by atoms with Gasteiger partial charge < -0.3 is 14.8 Å². The third kappa shape index (κ3) is 2.99.